The van der Waals surface area contributed by atoms with Gasteiger partial charge in [-0.15, -0.1) is 5.10 Å². The number of tetrazole rings is 1. The first kappa shape index (κ1) is 23.6. The quantitative estimate of drug-likeness (QED) is 0.262. The van der Waals surface area contributed by atoms with Gasteiger partial charge in [0.15, 0.2) is 5.82 Å². The molecule has 6 rings (SSSR count). The van der Waals surface area contributed by atoms with Crippen LogP contribution in [0.1, 0.15) is 30.1 Å². The molecular formula is C28H28N6O2S. The van der Waals surface area contributed by atoms with Crippen LogP contribution in [0.5, 0.6) is 16.7 Å². The lowest BCUT2D eigenvalue weighted by Gasteiger charge is -2.31. The summed E-state index contributed by atoms with van der Waals surface area (Å²) in [6.07, 6.45) is 2.10. The monoisotopic (exact) mass is 512 g/mol. The Kier molecular flexibility index (Phi) is 7.05. The molecule has 37 heavy (non-hydrogen) atoms. The van der Waals surface area contributed by atoms with Gasteiger partial charge in [0.1, 0.15) is 18.1 Å². The Balaban J connectivity index is 0.951. The maximum Gasteiger partial charge on any atom is 0.279 e. The van der Waals surface area contributed by atoms with Crippen LogP contribution in [-0.2, 0) is 6.54 Å². The molecule has 0 spiro atoms. The third kappa shape index (κ3) is 5.79. The maximum absolute atomic E-state index is 6.00. The van der Waals surface area contributed by atoms with Crippen LogP contribution in [0.3, 0.4) is 0 Å². The minimum absolute atomic E-state index is 0.388. The number of hydrogen-bond donors (Lipinski definition) is 0. The number of para-hydroxylation sites is 1. The fourth-order valence-corrected chi connectivity index (χ4v) is 5.51. The average Bonchev–Trinajstić information content (AvgIpc) is 3.57. The number of nitrogens with zero attached hydrogens (tertiary/aromatic N) is 6. The first-order valence-electron chi connectivity index (χ1n) is 12.6. The summed E-state index contributed by atoms with van der Waals surface area (Å²) in [6.45, 7) is 4.28. The molecule has 0 radical (unpaired) electrons. The van der Waals surface area contributed by atoms with Crippen LogP contribution >= 0.6 is 11.3 Å². The Morgan fingerprint density at radius 2 is 1.62 bits per heavy atom. The highest BCUT2D eigenvalue weighted by Crippen LogP contribution is 2.32. The van der Waals surface area contributed by atoms with Crippen molar-refractivity contribution in [3.63, 3.8) is 0 Å². The maximum atomic E-state index is 6.00. The van der Waals surface area contributed by atoms with Crippen molar-refractivity contribution in [2.45, 2.75) is 25.3 Å². The largest absolute Gasteiger partial charge is 0.492 e. The topological polar surface area (TPSA) is 78.2 Å². The second-order valence-electron chi connectivity index (χ2n) is 9.17. The van der Waals surface area contributed by atoms with E-state index in [1.807, 2.05) is 65.3 Å². The molecule has 0 atom stereocenters. The van der Waals surface area contributed by atoms with Gasteiger partial charge in [-0.2, -0.15) is 0 Å². The molecule has 3 aromatic carbocycles. The van der Waals surface area contributed by atoms with Gasteiger partial charge in [0.25, 0.3) is 5.19 Å². The Morgan fingerprint density at radius 3 is 2.43 bits per heavy atom. The summed E-state index contributed by atoms with van der Waals surface area (Å²) in [6, 6.07) is 26.1. The van der Waals surface area contributed by atoms with E-state index in [1.165, 1.54) is 5.56 Å². The van der Waals surface area contributed by atoms with Crippen molar-refractivity contribution in [1.82, 2.24) is 30.1 Å². The van der Waals surface area contributed by atoms with E-state index < -0.39 is 0 Å². The number of likely N-dealkylation sites (tertiary alicyclic amines) is 1. The van der Waals surface area contributed by atoms with Crippen LogP contribution in [0.2, 0.25) is 0 Å². The van der Waals surface area contributed by atoms with E-state index in [1.54, 1.807) is 11.3 Å². The molecule has 1 aliphatic heterocycles. The molecule has 0 bridgehead atoms. The van der Waals surface area contributed by atoms with Crippen molar-refractivity contribution in [2.24, 2.45) is 0 Å². The standard InChI is InChI=1S/C28H28N6O2S/c1-2-6-21(7-3-1)20-34-27(30-31-32-34)22-14-16-33(17-15-22)18-19-35-23-10-12-24(13-11-23)36-28-29-25-8-4-5-9-26(25)37-28/h1-13,22H,14-20H2. The van der Waals surface area contributed by atoms with E-state index in [4.69, 9.17) is 9.47 Å². The molecule has 1 aliphatic rings. The number of aromatic nitrogens is 5. The summed E-state index contributed by atoms with van der Waals surface area (Å²) in [5.41, 5.74) is 2.17. The molecule has 0 amide bonds. The number of thiazole rings is 1. The molecule has 0 unspecified atom stereocenters. The molecule has 0 saturated carbocycles. The molecule has 0 aliphatic carbocycles. The van der Waals surface area contributed by atoms with Crippen molar-refractivity contribution in [1.29, 1.82) is 0 Å². The average molecular weight is 513 g/mol. The van der Waals surface area contributed by atoms with Crippen molar-refractivity contribution < 1.29 is 9.47 Å². The normalized spacial score (nSPS) is 14.7. The van der Waals surface area contributed by atoms with E-state index in [9.17, 15) is 0 Å². The smallest absolute Gasteiger partial charge is 0.279 e. The van der Waals surface area contributed by atoms with Crippen LogP contribution in [0.15, 0.2) is 78.9 Å². The minimum atomic E-state index is 0.388. The lowest BCUT2D eigenvalue weighted by atomic mass is 9.96. The van der Waals surface area contributed by atoms with Gasteiger partial charge in [-0.1, -0.05) is 53.8 Å². The molecule has 3 heterocycles. The van der Waals surface area contributed by atoms with Gasteiger partial charge in [0.05, 0.1) is 16.8 Å². The van der Waals surface area contributed by atoms with Crippen molar-refractivity contribution >= 4 is 21.6 Å². The second-order valence-corrected chi connectivity index (χ2v) is 10.2. The number of hydrogen-bond acceptors (Lipinski definition) is 8. The number of ether oxygens (including phenoxy) is 2. The molecule has 2 aromatic heterocycles. The molecule has 8 nitrogen and oxygen atoms in total. The van der Waals surface area contributed by atoms with Gasteiger partial charge in [-0.3, -0.25) is 4.90 Å². The number of rotatable bonds is 9. The number of fused-ring (bicyclic) bond motifs is 1. The van der Waals surface area contributed by atoms with E-state index >= 15 is 0 Å². The zero-order valence-electron chi connectivity index (χ0n) is 20.4. The summed E-state index contributed by atoms with van der Waals surface area (Å²) >= 11 is 1.54. The number of benzene rings is 3. The molecule has 1 fully saturated rings. The zero-order chi connectivity index (χ0) is 24.9. The zero-order valence-corrected chi connectivity index (χ0v) is 21.3. The van der Waals surface area contributed by atoms with Crippen LogP contribution in [0, 0.1) is 0 Å². The van der Waals surface area contributed by atoms with Crippen LogP contribution in [-0.4, -0.2) is 56.3 Å². The van der Waals surface area contributed by atoms with Gasteiger partial charge >= 0.3 is 0 Å². The van der Waals surface area contributed by atoms with Crippen LogP contribution in [0.4, 0.5) is 0 Å². The van der Waals surface area contributed by atoms with Crippen LogP contribution in [0.25, 0.3) is 10.2 Å². The van der Waals surface area contributed by atoms with E-state index in [0.717, 1.165) is 60.0 Å². The van der Waals surface area contributed by atoms with Gasteiger partial charge in [0, 0.05) is 12.5 Å². The highest BCUT2D eigenvalue weighted by atomic mass is 32.1. The van der Waals surface area contributed by atoms with Crippen molar-refractivity contribution in [3.05, 3.63) is 90.3 Å². The first-order chi connectivity index (χ1) is 18.3. The molecule has 0 N–H and O–H groups in total. The summed E-state index contributed by atoms with van der Waals surface area (Å²) in [4.78, 5) is 6.97. The molecule has 1 saturated heterocycles. The highest BCUT2D eigenvalue weighted by Gasteiger charge is 2.25. The van der Waals surface area contributed by atoms with Gasteiger partial charge in [0.2, 0.25) is 0 Å². The summed E-state index contributed by atoms with van der Waals surface area (Å²) in [5, 5.41) is 13.2. The summed E-state index contributed by atoms with van der Waals surface area (Å²) < 4.78 is 15.0. The molecule has 188 valence electrons. The van der Waals surface area contributed by atoms with E-state index in [2.05, 4.69) is 43.6 Å². The predicted molar refractivity (Wildman–Crippen MR) is 143 cm³/mol. The first-order valence-corrected chi connectivity index (χ1v) is 13.4. The highest BCUT2D eigenvalue weighted by molar-refractivity contribution is 7.20. The van der Waals surface area contributed by atoms with Crippen LogP contribution < -0.4 is 9.47 Å². The van der Waals surface area contributed by atoms with Gasteiger partial charge in [-0.05, 0) is 78.3 Å². The van der Waals surface area contributed by atoms with Crippen molar-refractivity contribution in [2.75, 3.05) is 26.2 Å². The van der Waals surface area contributed by atoms with Gasteiger partial charge in [-0.25, -0.2) is 9.67 Å². The van der Waals surface area contributed by atoms with E-state index in [0.29, 0.717) is 24.3 Å². The predicted octanol–water partition coefficient (Wildman–Crippen LogP) is 5.38. The summed E-state index contributed by atoms with van der Waals surface area (Å²) in [7, 11) is 0. The SMILES string of the molecule is c1ccc(Cn2nnnc2C2CCN(CCOc3ccc(Oc4nc5ccccc5s4)cc3)CC2)cc1. The van der Waals surface area contributed by atoms with E-state index in [-0.39, 0.29) is 0 Å². The van der Waals surface area contributed by atoms with Gasteiger partial charge < -0.3 is 9.47 Å². The second kappa shape index (κ2) is 11.1. The molecule has 9 heteroatoms. The number of piperidine rings is 1. The Labute approximate surface area is 219 Å². The fourth-order valence-electron chi connectivity index (χ4n) is 4.68. The lowest BCUT2D eigenvalue weighted by Crippen LogP contribution is -2.36. The fraction of sp³-hybridized carbons (Fsp3) is 0.286. The third-order valence-electron chi connectivity index (χ3n) is 6.67. The minimum Gasteiger partial charge on any atom is -0.492 e. The Morgan fingerprint density at radius 1 is 0.865 bits per heavy atom. The van der Waals surface area contributed by atoms with Crippen molar-refractivity contribution in [3.8, 4) is 16.7 Å². The molecule has 5 aromatic rings. The Bertz CT molecular complexity index is 1400. The Hall–Kier alpha value is -3.82. The lowest BCUT2D eigenvalue weighted by molar-refractivity contribution is 0.170. The molecular weight excluding hydrogens is 484 g/mol. The third-order valence-corrected chi connectivity index (χ3v) is 7.58. The summed E-state index contributed by atoms with van der Waals surface area (Å²) in [5.74, 6) is 2.97.